The van der Waals surface area contributed by atoms with E-state index in [1.165, 1.54) is 37.7 Å². The summed E-state index contributed by atoms with van der Waals surface area (Å²) in [5, 5.41) is 10.4. The summed E-state index contributed by atoms with van der Waals surface area (Å²) in [5.74, 6) is 1.68. The Bertz CT molecular complexity index is 745. The summed E-state index contributed by atoms with van der Waals surface area (Å²) in [6.07, 6.45) is 16.4. The lowest BCUT2D eigenvalue weighted by Gasteiger charge is -2.42. The van der Waals surface area contributed by atoms with Crippen molar-refractivity contribution in [1.29, 1.82) is 0 Å². The normalized spacial score (nSPS) is 37.1. The van der Waals surface area contributed by atoms with Crippen LogP contribution in [0.4, 0.5) is 0 Å². The summed E-state index contributed by atoms with van der Waals surface area (Å²) >= 11 is 0. The number of fused-ring (bicyclic) bond motifs is 1. The molecule has 172 valence electrons. The van der Waals surface area contributed by atoms with E-state index in [4.69, 9.17) is 4.74 Å². The second-order valence-corrected chi connectivity index (χ2v) is 10.5. The number of carbonyl (C=O) groups excluding carboxylic acids is 1. The van der Waals surface area contributed by atoms with E-state index in [1.807, 2.05) is 0 Å². The first-order chi connectivity index (χ1) is 14.8. The van der Waals surface area contributed by atoms with Crippen molar-refractivity contribution < 1.29 is 14.6 Å². The minimum atomic E-state index is -0.394. The van der Waals surface area contributed by atoms with E-state index in [2.05, 4.69) is 39.2 Å². The molecule has 3 rings (SSSR count). The van der Waals surface area contributed by atoms with E-state index in [0.717, 1.165) is 37.5 Å². The van der Waals surface area contributed by atoms with Gasteiger partial charge in [0.15, 0.2) is 0 Å². The Morgan fingerprint density at radius 1 is 1.29 bits per heavy atom. The van der Waals surface area contributed by atoms with Crippen molar-refractivity contribution >= 4 is 6.29 Å². The van der Waals surface area contributed by atoms with Crippen molar-refractivity contribution in [3.8, 4) is 0 Å². The average molecular weight is 427 g/mol. The van der Waals surface area contributed by atoms with Gasteiger partial charge in [0.2, 0.25) is 0 Å². The molecule has 3 heteroatoms. The highest BCUT2D eigenvalue weighted by Gasteiger charge is 2.48. The Morgan fingerprint density at radius 3 is 2.77 bits per heavy atom. The first kappa shape index (κ1) is 24.2. The predicted molar refractivity (Wildman–Crippen MR) is 128 cm³/mol. The number of carbonyl (C=O) groups is 1. The number of methoxy groups -OCH3 is 1. The highest BCUT2D eigenvalue weighted by molar-refractivity contribution is 5.72. The number of hydrogen-bond acceptors (Lipinski definition) is 3. The van der Waals surface area contributed by atoms with Crippen molar-refractivity contribution in [1.82, 2.24) is 0 Å². The van der Waals surface area contributed by atoms with Crippen molar-refractivity contribution in [3.05, 3.63) is 47.6 Å². The van der Waals surface area contributed by atoms with Gasteiger partial charge < -0.3 is 9.84 Å². The van der Waals surface area contributed by atoms with Crippen LogP contribution in [0.15, 0.2) is 47.6 Å². The van der Waals surface area contributed by atoms with E-state index in [0.29, 0.717) is 35.2 Å². The maximum atomic E-state index is 10.9. The van der Waals surface area contributed by atoms with E-state index in [-0.39, 0.29) is 6.10 Å². The van der Waals surface area contributed by atoms with Crippen LogP contribution < -0.4 is 0 Å². The van der Waals surface area contributed by atoms with Crippen LogP contribution in [0.1, 0.15) is 78.1 Å². The number of allylic oxidation sites excluding steroid dienone is 3. The monoisotopic (exact) mass is 426 g/mol. The molecule has 0 aromatic carbocycles. The van der Waals surface area contributed by atoms with Crippen LogP contribution in [0, 0.1) is 23.2 Å². The van der Waals surface area contributed by atoms with Crippen LogP contribution >= 0.6 is 0 Å². The third-order valence-corrected chi connectivity index (χ3v) is 8.66. The molecule has 0 radical (unpaired) electrons. The Labute approximate surface area is 189 Å². The number of aldehydes is 1. The van der Waals surface area contributed by atoms with Crippen LogP contribution in [0.2, 0.25) is 0 Å². The molecule has 31 heavy (non-hydrogen) atoms. The van der Waals surface area contributed by atoms with Gasteiger partial charge in [0, 0.05) is 13.5 Å². The third-order valence-electron chi connectivity index (χ3n) is 8.66. The molecular weight excluding hydrogens is 384 g/mol. The fourth-order valence-electron chi connectivity index (χ4n) is 6.48. The van der Waals surface area contributed by atoms with Crippen LogP contribution in [0.5, 0.6) is 0 Å². The minimum absolute atomic E-state index is 0.0924. The van der Waals surface area contributed by atoms with Gasteiger partial charge in [-0.15, -0.1) is 0 Å². The zero-order chi connectivity index (χ0) is 22.6. The Morgan fingerprint density at radius 2 is 2.06 bits per heavy atom. The highest BCUT2D eigenvalue weighted by atomic mass is 16.5. The molecule has 0 spiro atoms. The number of aliphatic hydroxyl groups excluding tert-OH is 1. The summed E-state index contributed by atoms with van der Waals surface area (Å²) in [6, 6.07) is 0. The van der Waals surface area contributed by atoms with Gasteiger partial charge in [0.25, 0.3) is 0 Å². The Kier molecular flexibility index (Phi) is 8.15. The van der Waals surface area contributed by atoms with Gasteiger partial charge in [0.05, 0.1) is 12.2 Å². The van der Waals surface area contributed by atoms with Crippen molar-refractivity contribution in [2.75, 3.05) is 7.11 Å². The molecule has 6 atom stereocenters. The van der Waals surface area contributed by atoms with Crippen molar-refractivity contribution in [2.24, 2.45) is 23.2 Å². The van der Waals surface area contributed by atoms with Gasteiger partial charge in [-0.2, -0.15) is 0 Å². The molecule has 3 saturated carbocycles. The molecule has 3 nitrogen and oxygen atoms in total. The largest absolute Gasteiger partial charge is 0.388 e. The van der Waals surface area contributed by atoms with E-state index >= 15 is 0 Å². The molecule has 3 aliphatic rings. The Balaban J connectivity index is 1.67. The molecule has 3 aliphatic carbocycles. The quantitative estimate of drug-likeness (QED) is 0.364. The van der Waals surface area contributed by atoms with Crippen LogP contribution in [-0.2, 0) is 9.53 Å². The lowest BCUT2D eigenvalue weighted by Crippen LogP contribution is -2.33. The lowest BCUT2D eigenvalue weighted by molar-refractivity contribution is -0.105. The molecule has 0 bridgehead atoms. The minimum Gasteiger partial charge on any atom is -0.388 e. The third kappa shape index (κ3) is 5.31. The molecule has 0 aromatic heterocycles. The van der Waals surface area contributed by atoms with Crippen LogP contribution in [-0.4, -0.2) is 30.7 Å². The SMILES string of the molecule is C=C(C=O)CC(CCC1CCC2/C(=C/C=C3/CCC(C)C(O)C3=C)CCCC12C)OC. The van der Waals surface area contributed by atoms with Crippen molar-refractivity contribution in [3.63, 3.8) is 0 Å². The van der Waals surface area contributed by atoms with Gasteiger partial charge in [0.1, 0.15) is 6.29 Å². The summed E-state index contributed by atoms with van der Waals surface area (Å²) in [4.78, 5) is 10.9. The van der Waals surface area contributed by atoms with E-state index in [1.54, 1.807) is 12.7 Å². The molecule has 0 saturated heterocycles. The molecule has 1 N–H and O–H groups in total. The summed E-state index contributed by atoms with van der Waals surface area (Å²) < 4.78 is 5.64. The fourth-order valence-corrected chi connectivity index (χ4v) is 6.48. The molecule has 0 heterocycles. The van der Waals surface area contributed by atoms with Crippen LogP contribution in [0.3, 0.4) is 0 Å². The number of aliphatic hydroxyl groups is 1. The van der Waals surface area contributed by atoms with Gasteiger partial charge in [-0.05, 0) is 97.7 Å². The molecular formula is C28H42O3. The smallest absolute Gasteiger partial charge is 0.145 e. The highest BCUT2D eigenvalue weighted by Crippen LogP contribution is 2.58. The zero-order valence-corrected chi connectivity index (χ0v) is 19.9. The van der Waals surface area contributed by atoms with Gasteiger partial charge >= 0.3 is 0 Å². The standard InChI is InChI=1S/C28H42O3/c1-19(18-29)17-25(31-5)14-12-24-13-15-26-23(7-6-16-28(24,26)4)11-10-22-9-8-20(2)27(30)21(22)3/h10-11,18,20,24-27,30H,1,3,6-9,12-17H2,2,4-5H3/b22-10-,23-11+. The summed E-state index contributed by atoms with van der Waals surface area (Å²) in [5.41, 5.74) is 4.74. The number of ether oxygens (including phenoxy) is 1. The summed E-state index contributed by atoms with van der Waals surface area (Å²) in [6.45, 7) is 12.6. The zero-order valence-electron chi connectivity index (χ0n) is 19.9. The molecule has 0 amide bonds. The van der Waals surface area contributed by atoms with Gasteiger partial charge in [-0.3, -0.25) is 4.79 Å². The molecule has 3 fully saturated rings. The Hall–Kier alpha value is -1.45. The predicted octanol–water partition coefficient (Wildman–Crippen LogP) is 6.34. The first-order valence-corrected chi connectivity index (χ1v) is 12.2. The van der Waals surface area contributed by atoms with E-state index < -0.39 is 6.10 Å². The fraction of sp³-hybridized carbons (Fsp3) is 0.679. The second-order valence-electron chi connectivity index (χ2n) is 10.5. The topological polar surface area (TPSA) is 46.5 Å². The number of hydrogen-bond donors (Lipinski definition) is 1. The summed E-state index contributed by atoms with van der Waals surface area (Å²) in [7, 11) is 1.74. The maximum absolute atomic E-state index is 10.9. The maximum Gasteiger partial charge on any atom is 0.145 e. The lowest BCUT2D eigenvalue weighted by atomic mass is 9.62. The molecule has 6 unspecified atom stereocenters. The van der Waals surface area contributed by atoms with Crippen molar-refractivity contribution in [2.45, 2.75) is 90.3 Å². The number of rotatable bonds is 8. The average Bonchev–Trinajstić information content (AvgIpc) is 3.10. The first-order valence-electron chi connectivity index (χ1n) is 12.2. The van der Waals surface area contributed by atoms with Gasteiger partial charge in [-0.25, -0.2) is 0 Å². The van der Waals surface area contributed by atoms with Gasteiger partial charge in [-0.1, -0.05) is 44.7 Å². The second kappa shape index (κ2) is 10.4. The van der Waals surface area contributed by atoms with E-state index in [9.17, 15) is 9.90 Å². The van der Waals surface area contributed by atoms with Crippen LogP contribution in [0.25, 0.3) is 0 Å². The molecule has 0 aromatic rings. The molecule has 0 aliphatic heterocycles.